The fourth-order valence-electron chi connectivity index (χ4n) is 3.19. The van der Waals surface area contributed by atoms with E-state index in [2.05, 4.69) is 19.9 Å². The Hall–Kier alpha value is -0.570. The summed E-state index contributed by atoms with van der Waals surface area (Å²) in [6.07, 6.45) is 4.45. The van der Waals surface area contributed by atoms with Crippen LogP contribution in [-0.4, -0.2) is 12.2 Å². The number of benzene rings is 1. The van der Waals surface area contributed by atoms with Crippen LogP contribution < -0.4 is 5.73 Å². The maximum absolute atomic E-state index is 6.57. The number of ether oxygens (including phenoxy) is 1. The molecule has 3 heteroatoms. The van der Waals surface area contributed by atoms with Gasteiger partial charge in [0.05, 0.1) is 11.6 Å². The summed E-state index contributed by atoms with van der Waals surface area (Å²) < 4.78 is 6.14. The number of hydrogen-bond donors (Lipinski definition) is 1. The summed E-state index contributed by atoms with van der Waals surface area (Å²) in [7, 11) is 0. The van der Waals surface area contributed by atoms with Crippen molar-refractivity contribution in [2.24, 2.45) is 11.7 Å². The first-order valence-electron chi connectivity index (χ1n) is 7.64. The molecule has 1 aliphatic carbocycles. The lowest BCUT2D eigenvalue weighted by molar-refractivity contribution is -0.0896. The molecule has 0 aromatic heterocycles. The predicted molar refractivity (Wildman–Crippen MR) is 85.1 cm³/mol. The van der Waals surface area contributed by atoms with Crippen molar-refractivity contribution in [1.29, 1.82) is 0 Å². The molecule has 1 aromatic carbocycles. The number of nitrogens with two attached hydrogens (primary N) is 1. The zero-order valence-corrected chi connectivity index (χ0v) is 13.5. The van der Waals surface area contributed by atoms with E-state index in [0.29, 0.717) is 6.61 Å². The highest BCUT2D eigenvalue weighted by atomic mass is 35.5. The summed E-state index contributed by atoms with van der Waals surface area (Å²) in [6, 6.07) is 6.03. The lowest BCUT2D eigenvalue weighted by Crippen LogP contribution is -2.46. The molecule has 2 nitrogen and oxygen atoms in total. The van der Waals surface area contributed by atoms with Crippen LogP contribution >= 0.6 is 11.6 Å². The maximum atomic E-state index is 6.57. The Labute approximate surface area is 127 Å². The topological polar surface area (TPSA) is 35.2 Å². The molecule has 2 rings (SSSR count). The first-order chi connectivity index (χ1) is 9.48. The predicted octanol–water partition coefficient (Wildman–Crippen LogP) is 4.63. The van der Waals surface area contributed by atoms with Gasteiger partial charge >= 0.3 is 0 Å². The van der Waals surface area contributed by atoms with Crippen molar-refractivity contribution in [2.45, 2.75) is 58.1 Å². The molecule has 2 N–H and O–H groups in total. The highest BCUT2D eigenvalue weighted by Crippen LogP contribution is 2.42. The Morgan fingerprint density at radius 2 is 2.05 bits per heavy atom. The van der Waals surface area contributed by atoms with Crippen LogP contribution in [0.3, 0.4) is 0 Å². The molecule has 0 bridgehead atoms. The van der Waals surface area contributed by atoms with Gasteiger partial charge in [0.25, 0.3) is 0 Å². The van der Waals surface area contributed by atoms with E-state index >= 15 is 0 Å². The van der Waals surface area contributed by atoms with Gasteiger partial charge in [-0.05, 0) is 62.6 Å². The van der Waals surface area contributed by atoms with Gasteiger partial charge < -0.3 is 10.5 Å². The van der Waals surface area contributed by atoms with Gasteiger partial charge in [0, 0.05) is 11.6 Å². The first kappa shape index (κ1) is 15.8. The van der Waals surface area contributed by atoms with Crippen LogP contribution in [0, 0.1) is 12.8 Å². The lowest BCUT2D eigenvalue weighted by atomic mass is 9.73. The molecular formula is C17H26ClNO. The van der Waals surface area contributed by atoms with Crippen molar-refractivity contribution in [3.8, 4) is 0 Å². The zero-order valence-electron chi connectivity index (χ0n) is 12.8. The van der Waals surface area contributed by atoms with E-state index in [9.17, 15) is 0 Å². The van der Waals surface area contributed by atoms with Gasteiger partial charge in [0.1, 0.15) is 0 Å². The molecule has 0 aliphatic heterocycles. The van der Waals surface area contributed by atoms with Crippen LogP contribution in [0.1, 0.15) is 56.7 Å². The van der Waals surface area contributed by atoms with E-state index < -0.39 is 0 Å². The van der Waals surface area contributed by atoms with E-state index in [1.165, 1.54) is 12.8 Å². The molecule has 1 atom stereocenters. The Morgan fingerprint density at radius 3 is 2.60 bits per heavy atom. The molecule has 0 radical (unpaired) electrons. The molecule has 1 saturated carbocycles. The minimum atomic E-state index is -0.222. The molecule has 1 fully saturated rings. The van der Waals surface area contributed by atoms with Gasteiger partial charge in [-0.25, -0.2) is 0 Å². The third kappa shape index (κ3) is 3.19. The SMILES string of the molecule is CCOC1(C(N)c2ccc(C)c(Cl)c2)CCC(C)CC1. The van der Waals surface area contributed by atoms with Crippen LogP contribution in [0.25, 0.3) is 0 Å². The fourth-order valence-corrected chi connectivity index (χ4v) is 3.38. The number of halogens is 1. The Kier molecular flexibility index (Phi) is 5.11. The molecule has 1 unspecified atom stereocenters. The van der Waals surface area contributed by atoms with Crippen molar-refractivity contribution < 1.29 is 4.74 Å². The van der Waals surface area contributed by atoms with Gasteiger partial charge in [-0.15, -0.1) is 0 Å². The Balaban J connectivity index is 2.26. The third-order valence-corrected chi connectivity index (χ3v) is 5.08. The van der Waals surface area contributed by atoms with Crippen LogP contribution in [-0.2, 0) is 4.74 Å². The van der Waals surface area contributed by atoms with Crippen LogP contribution in [0.5, 0.6) is 0 Å². The lowest BCUT2D eigenvalue weighted by Gasteiger charge is -2.43. The number of hydrogen-bond acceptors (Lipinski definition) is 2. The zero-order chi connectivity index (χ0) is 14.8. The second kappa shape index (κ2) is 6.46. The monoisotopic (exact) mass is 295 g/mol. The number of rotatable bonds is 4. The van der Waals surface area contributed by atoms with Gasteiger partial charge in [0.2, 0.25) is 0 Å². The van der Waals surface area contributed by atoms with Crippen molar-refractivity contribution in [3.05, 3.63) is 34.3 Å². The summed E-state index contributed by atoms with van der Waals surface area (Å²) in [4.78, 5) is 0. The summed E-state index contributed by atoms with van der Waals surface area (Å²) in [6.45, 7) is 7.08. The molecule has 0 heterocycles. The molecule has 1 aromatic rings. The summed E-state index contributed by atoms with van der Waals surface area (Å²) in [5.74, 6) is 0.775. The van der Waals surface area contributed by atoms with E-state index in [1.54, 1.807) is 0 Å². The van der Waals surface area contributed by atoms with Crippen molar-refractivity contribution in [2.75, 3.05) is 6.61 Å². The molecule has 0 saturated heterocycles. The van der Waals surface area contributed by atoms with Gasteiger partial charge in [0.15, 0.2) is 0 Å². The van der Waals surface area contributed by atoms with Gasteiger partial charge in [-0.1, -0.05) is 30.7 Å². The molecule has 0 spiro atoms. The molecule has 20 heavy (non-hydrogen) atoms. The molecule has 112 valence electrons. The first-order valence-corrected chi connectivity index (χ1v) is 8.02. The second-order valence-corrected chi connectivity index (χ2v) is 6.57. The van der Waals surface area contributed by atoms with E-state index in [0.717, 1.165) is 34.9 Å². The molecule has 1 aliphatic rings. The van der Waals surface area contributed by atoms with Crippen LogP contribution in [0.15, 0.2) is 18.2 Å². The minimum Gasteiger partial charge on any atom is -0.373 e. The van der Waals surface area contributed by atoms with Gasteiger partial charge in [-0.2, -0.15) is 0 Å². The third-order valence-electron chi connectivity index (χ3n) is 4.67. The van der Waals surface area contributed by atoms with Crippen molar-refractivity contribution in [1.82, 2.24) is 0 Å². The van der Waals surface area contributed by atoms with Crippen molar-refractivity contribution >= 4 is 11.6 Å². The molecular weight excluding hydrogens is 270 g/mol. The van der Waals surface area contributed by atoms with E-state index in [-0.39, 0.29) is 11.6 Å². The highest BCUT2D eigenvalue weighted by molar-refractivity contribution is 6.31. The quantitative estimate of drug-likeness (QED) is 0.878. The maximum Gasteiger partial charge on any atom is 0.0874 e. The summed E-state index contributed by atoms with van der Waals surface area (Å²) >= 11 is 6.25. The highest BCUT2D eigenvalue weighted by Gasteiger charge is 2.41. The fraction of sp³-hybridized carbons (Fsp3) is 0.647. The Bertz CT molecular complexity index is 452. The second-order valence-electron chi connectivity index (χ2n) is 6.17. The average molecular weight is 296 g/mol. The Morgan fingerprint density at radius 1 is 1.40 bits per heavy atom. The summed E-state index contributed by atoms with van der Waals surface area (Å²) in [5, 5.41) is 0.786. The average Bonchev–Trinajstić information content (AvgIpc) is 2.44. The van der Waals surface area contributed by atoms with Crippen LogP contribution in [0.4, 0.5) is 0 Å². The smallest absolute Gasteiger partial charge is 0.0874 e. The number of aryl methyl sites for hydroxylation is 1. The minimum absolute atomic E-state index is 0.104. The van der Waals surface area contributed by atoms with Gasteiger partial charge in [-0.3, -0.25) is 0 Å². The largest absolute Gasteiger partial charge is 0.373 e. The van der Waals surface area contributed by atoms with E-state index in [1.807, 2.05) is 19.1 Å². The van der Waals surface area contributed by atoms with Crippen LogP contribution in [0.2, 0.25) is 5.02 Å². The standard InChI is InChI=1S/C17H26ClNO/c1-4-20-17(9-7-12(2)8-10-17)16(19)14-6-5-13(3)15(18)11-14/h5-6,11-12,16H,4,7-10,19H2,1-3H3. The van der Waals surface area contributed by atoms with E-state index in [4.69, 9.17) is 22.1 Å². The van der Waals surface area contributed by atoms with Crippen molar-refractivity contribution in [3.63, 3.8) is 0 Å². The normalized spacial score (nSPS) is 28.4. The molecule has 0 amide bonds. The summed E-state index contributed by atoms with van der Waals surface area (Å²) in [5.41, 5.74) is 8.52.